The molecule has 0 radical (unpaired) electrons. The summed E-state index contributed by atoms with van der Waals surface area (Å²) in [4.78, 5) is 11.9. The molecule has 2 rings (SSSR count). The van der Waals surface area contributed by atoms with Crippen LogP contribution in [0, 0.1) is 0 Å². The molecule has 2 aromatic rings. The summed E-state index contributed by atoms with van der Waals surface area (Å²) >= 11 is 0. The number of nitrogens with zero attached hydrogens (tertiary/aromatic N) is 2. The van der Waals surface area contributed by atoms with Crippen molar-refractivity contribution >= 4 is 5.69 Å². The number of aryl methyl sites for hydroxylation is 2. The van der Waals surface area contributed by atoms with Crippen LogP contribution in [-0.2, 0) is 13.0 Å². The number of rotatable bonds is 6. The number of benzene rings is 1. The van der Waals surface area contributed by atoms with Crippen molar-refractivity contribution in [2.75, 3.05) is 18.4 Å². The van der Waals surface area contributed by atoms with Gasteiger partial charge in [0.2, 0.25) is 0 Å². The van der Waals surface area contributed by atoms with E-state index in [1.165, 1.54) is 10.2 Å². The Bertz CT molecular complexity index is 565. The zero-order valence-corrected chi connectivity index (χ0v) is 10.7. The first-order valence-corrected chi connectivity index (χ1v) is 6.34. The molecule has 5 nitrogen and oxygen atoms in total. The Morgan fingerprint density at radius 1 is 1.26 bits per heavy atom. The zero-order chi connectivity index (χ0) is 13.5. The molecule has 0 saturated carbocycles. The van der Waals surface area contributed by atoms with E-state index in [1.807, 2.05) is 30.3 Å². The highest BCUT2D eigenvalue weighted by Crippen LogP contribution is 2.02. The van der Waals surface area contributed by atoms with E-state index < -0.39 is 0 Å². The minimum Gasteiger partial charge on any atom is -0.382 e. The van der Waals surface area contributed by atoms with Crippen LogP contribution >= 0.6 is 0 Å². The molecule has 1 heterocycles. The van der Waals surface area contributed by atoms with Gasteiger partial charge in [-0.15, -0.1) is 0 Å². The smallest absolute Gasteiger partial charge is 0.268 e. The maximum Gasteiger partial charge on any atom is 0.268 e. The molecule has 0 aliphatic rings. The van der Waals surface area contributed by atoms with Gasteiger partial charge in [0.25, 0.3) is 5.56 Å². The lowest BCUT2D eigenvalue weighted by Gasteiger charge is -2.07. The van der Waals surface area contributed by atoms with Gasteiger partial charge < -0.3 is 11.1 Å². The van der Waals surface area contributed by atoms with E-state index in [1.54, 1.807) is 12.3 Å². The molecular weight excluding hydrogens is 240 g/mol. The third-order valence-corrected chi connectivity index (χ3v) is 2.80. The first-order valence-electron chi connectivity index (χ1n) is 6.34. The van der Waals surface area contributed by atoms with Crippen LogP contribution in [0.25, 0.3) is 0 Å². The number of hydrogen-bond donors (Lipinski definition) is 2. The molecule has 100 valence electrons. The highest BCUT2D eigenvalue weighted by molar-refractivity contribution is 5.38. The minimum absolute atomic E-state index is 0.0991. The molecule has 0 aliphatic carbocycles. The van der Waals surface area contributed by atoms with Crippen molar-refractivity contribution in [3.05, 3.63) is 58.5 Å². The Balaban J connectivity index is 1.99. The third-order valence-electron chi connectivity index (χ3n) is 2.80. The normalized spacial score (nSPS) is 10.4. The van der Waals surface area contributed by atoms with Crippen LogP contribution in [0.5, 0.6) is 0 Å². The average molecular weight is 258 g/mol. The van der Waals surface area contributed by atoms with Crippen molar-refractivity contribution in [3.8, 4) is 0 Å². The van der Waals surface area contributed by atoms with Gasteiger partial charge in [-0.05, 0) is 12.0 Å². The largest absolute Gasteiger partial charge is 0.382 e. The Labute approximate surface area is 112 Å². The molecule has 0 unspecified atom stereocenters. The van der Waals surface area contributed by atoms with Gasteiger partial charge in [-0.25, -0.2) is 4.68 Å². The topological polar surface area (TPSA) is 72.9 Å². The lowest BCUT2D eigenvalue weighted by atomic mass is 10.1. The molecule has 0 saturated heterocycles. The molecular formula is C14H18N4O. The zero-order valence-electron chi connectivity index (χ0n) is 10.7. The Kier molecular flexibility index (Phi) is 4.69. The van der Waals surface area contributed by atoms with Crippen molar-refractivity contribution in [2.45, 2.75) is 13.0 Å². The SMILES string of the molecule is NCCNc1cnn(CCc2ccccc2)c(=O)c1. The summed E-state index contributed by atoms with van der Waals surface area (Å²) in [7, 11) is 0. The fraction of sp³-hybridized carbons (Fsp3) is 0.286. The number of aromatic nitrogens is 2. The average Bonchev–Trinajstić information content (AvgIpc) is 2.45. The molecule has 5 heteroatoms. The molecule has 0 aliphatic heterocycles. The number of anilines is 1. The van der Waals surface area contributed by atoms with Gasteiger partial charge in [-0.1, -0.05) is 30.3 Å². The van der Waals surface area contributed by atoms with Crippen molar-refractivity contribution in [1.29, 1.82) is 0 Å². The van der Waals surface area contributed by atoms with Crippen molar-refractivity contribution in [3.63, 3.8) is 0 Å². The van der Waals surface area contributed by atoms with Crippen LogP contribution in [0.2, 0.25) is 0 Å². The summed E-state index contributed by atoms with van der Waals surface area (Å²) in [6.45, 7) is 1.74. The molecule has 0 atom stereocenters. The lowest BCUT2D eigenvalue weighted by Crippen LogP contribution is -2.24. The van der Waals surface area contributed by atoms with E-state index in [4.69, 9.17) is 5.73 Å². The van der Waals surface area contributed by atoms with E-state index >= 15 is 0 Å². The Hall–Kier alpha value is -2.14. The van der Waals surface area contributed by atoms with Gasteiger partial charge in [-0.2, -0.15) is 5.10 Å². The van der Waals surface area contributed by atoms with E-state index in [2.05, 4.69) is 10.4 Å². The summed E-state index contributed by atoms with van der Waals surface area (Å²) in [6.07, 6.45) is 2.45. The maximum absolute atomic E-state index is 11.9. The Morgan fingerprint density at radius 3 is 2.74 bits per heavy atom. The van der Waals surface area contributed by atoms with E-state index in [0.717, 1.165) is 6.42 Å². The quantitative estimate of drug-likeness (QED) is 0.806. The van der Waals surface area contributed by atoms with Gasteiger partial charge in [0.05, 0.1) is 11.9 Å². The van der Waals surface area contributed by atoms with Crippen LogP contribution in [0.15, 0.2) is 47.4 Å². The van der Waals surface area contributed by atoms with Gasteiger partial charge in [0.15, 0.2) is 0 Å². The van der Waals surface area contributed by atoms with Crippen molar-refractivity contribution in [1.82, 2.24) is 9.78 Å². The second kappa shape index (κ2) is 6.70. The van der Waals surface area contributed by atoms with E-state index in [9.17, 15) is 4.79 Å². The summed E-state index contributed by atoms with van der Waals surface area (Å²) in [5.74, 6) is 0. The van der Waals surface area contributed by atoms with Gasteiger partial charge in [0, 0.05) is 25.7 Å². The van der Waals surface area contributed by atoms with Gasteiger partial charge in [-0.3, -0.25) is 4.79 Å². The molecule has 19 heavy (non-hydrogen) atoms. The van der Waals surface area contributed by atoms with Crippen LogP contribution in [0.1, 0.15) is 5.56 Å². The van der Waals surface area contributed by atoms with Crippen molar-refractivity contribution < 1.29 is 0 Å². The number of hydrogen-bond acceptors (Lipinski definition) is 4. The minimum atomic E-state index is -0.0991. The molecule has 1 aromatic heterocycles. The van der Waals surface area contributed by atoms with Crippen LogP contribution in [0.4, 0.5) is 5.69 Å². The fourth-order valence-electron chi connectivity index (χ4n) is 1.79. The predicted molar refractivity (Wildman–Crippen MR) is 76.2 cm³/mol. The van der Waals surface area contributed by atoms with E-state index in [0.29, 0.717) is 25.3 Å². The molecule has 0 spiro atoms. The summed E-state index contributed by atoms with van der Waals surface area (Å²) < 4.78 is 1.47. The lowest BCUT2D eigenvalue weighted by molar-refractivity contribution is 0.578. The first-order chi connectivity index (χ1) is 9.29. The Morgan fingerprint density at radius 2 is 2.05 bits per heavy atom. The predicted octanol–water partition coefficient (Wildman–Crippen LogP) is 0.857. The summed E-state index contributed by atoms with van der Waals surface area (Å²) in [5, 5.41) is 7.18. The summed E-state index contributed by atoms with van der Waals surface area (Å²) in [5.41, 5.74) is 7.20. The number of nitrogens with one attached hydrogen (secondary N) is 1. The van der Waals surface area contributed by atoms with Crippen molar-refractivity contribution in [2.24, 2.45) is 5.73 Å². The van der Waals surface area contributed by atoms with Crippen LogP contribution in [-0.4, -0.2) is 22.9 Å². The monoisotopic (exact) mass is 258 g/mol. The van der Waals surface area contributed by atoms with E-state index in [-0.39, 0.29) is 5.56 Å². The highest BCUT2D eigenvalue weighted by atomic mass is 16.1. The maximum atomic E-state index is 11.9. The van der Waals surface area contributed by atoms with Gasteiger partial charge in [0.1, 0.15) is 0 Å². The molecule has 3 N–H and O–H groups in total. The standard InChI is InChI=1S/C14H18N4O/c15-7-8-16-13-10-14(19)18(17-11-13)9-6-12-4-2-1-3-5-12/h1-5,10-11,16H,6-9,15H2. The first kappa shape index (κ1) is 13.3. The highest BCUT2D eigenvalue weighted by Gasteiger charge is 2.00. The van der Waals surface area contributed by atoms with Crippen LogP contribution < -0.4 is 16.6 Å². The van der Waals surface area contributed by atoms with Crippen LogP contribution in [0.3, 0.4) is 0 Å². The molecule has 1 aromatic carbocycles. The van der Waals surface area contributed by atoms with Gasteiger partial charge >= 0.3 is 0 Å². The fourth-order valence-corrected chi connectivity index (χ4v) is 1.79. The molecule has 0 bridgehead atoms. The molecule has 0 amide bonds. The molecule has 0 fully saturated rings. The second-order valence-corrected chi connectivity index (χ2v) is 4.26. The summed E-state index contributed by atoms with van der Waals surface area (Å²) in [6, 6.07) is 11.6. The third kappa shape index (κ3) is 3.93. The second-order valence-electron chi connectivity index (χ2n) is 4.26. The number of nitrogens with two attached hydrogens (primary N) is 1.